The molecule has 10 nitrogen and oxygen atoms in total. The summed E-state index contributed by atoms with van der Waals surface area (Å²) < 4.78 is 25.0. The van der Waals surface area contributed by atoms with Crippen molar-refractivity contribution in [3.8, 4) is 10.4 Å². The van der Waals surface area contributed by atoms with Gasteiger partial charge in [0.1, 0.15) is 12.1 Å². The Hall–Kier alpha value is -3.87. The molecule has 0 saturated carbocycles. The molecule has 0 bridgehead atoms. The van der Waals surface area contributed by atoms with E-state index < -0.39 is 34.0 Å². The average Bonchev–Trinajstić information content (AvgIpc) is 3.60. The Morgan fingerprint density at radius 1 is 1.02 bits per heavy atom. The Bertz CT molecular complexity index is 1530. The summed E-state index contributed by atoms with van der Waals surface area (Å²) >= 11 is 1.39. The normalized spacial score (nSPS) is 16.3. The molecule has 210 valence electrons. The van der Waals surface area contributed by atoms with E-state index in [1.165, 1.54) is 18.3 Å². The van der Waals surface area contributed by atoms with Crippen LogP contribution in [0, 0.1) is 0 Å². The van der Waals surface area contributed by atoms with Gasteiger partial charge in [0.15, 0.2) is 5.78 Å². The first-order valence-corrected chi connectivity index (χ1v) is 15.2. The number of anilines is 1. The molecule has 0 spiro atoms. The molecule has 4 rings (SSSR count). The Balaban J connectivity index is 1.36. The molecule has 3 aromatic rings. The number of nitrogens with zero attached hydrogens (tertiary/aromatic N) is 1. The number of ketones is 1. The molecule has 0 aliphatic carbocycles. The number of nitrogens with one attached hydrogen (secondary N) is 2. The molecule has 2 aromatic carbocycles. The molecule has 1 aliphatic heterocycles. The molecule has 1 aromatic heterocycles. The summed E-state index contributed by atoms with van der Waals surface area (Å²) in [5.41, 5.74) is 2.46. The monoisotopic (exact) mass is 583 g/mol. The van der Waals surface area contributed by atoms with E-state index >= 15 is 0 Å². The van der Waals surface area contributed by atoms with Gasteiger partial charge in [-0.05, 0) is 67.3 Å². The second-order valence-corrected chi connectivity index (χ2v) is 12.6. The maximum atomic E-state index is 12.7. The van der Waals surface area contributed by atoms with E-state index in [4.69, 9.17) is 0 Å². The summed E-state index contributed by atoms with van der Waals surface area (Å²) in [6, 6.07) is 15.1. The number of thiophene rings is 1. The van der Waals surface area contributed by atoms with Crippen molar-refractivity contribution in [2.75, 3.05) is 18.1 Å². The Labute approximate surface area is 236 Å². The van der Waals surface area contributed by atoms with Gasteiger partial charge < -0.3 is 15.7 Å². The molecule has 40 heavy (non-hydrogen) atoms. The van der Waals surface area contributed by atoms with Crippen LogP contribution in [0.3, 0.4) is 0 Å². The third-order valence-electron chi connectivity index (χ3n) is 6.58. The van der Waals surface area contributed by atoms with Gasteiger partial charge in [-0.15, -0.1) is 11.3 Å². The van der Waals surface area contributed by atoms with Gasteiger partial charge in [0.2, 0.25) is 15.9 Å². The molecule has 1 saturated heterocycles. The van der Waals surface area contributed by atoms with Gasteiger partial charge in [0.25, 0.3) is 5.91 Å². The lowest BCUT2D eigenvalue weighted by Gasteiger charge is -2.23. The number of hydrogen-bond acceptors (Lipinski definition) is 7. The predicted octanol–water partition coefficient (Wildman–Crippen LogP) is 3.41. The van der Waals surface area contributed by atoms with Gasteiger partial charge in [0, 0.05) is 29.1 Å². The molecular weight excluding hydrogens is 554 g/mol. The number of rotatable bonds is 10. The molecular formula is C28H29N3O7S2. The van der Waals surface area contributed by atoms with Crippen LogP contribution in [0.5, 0.6) is 0 Å². The second kappa shape index (κ2) is 12.1. The second-order valence-electron chi connectivity index (χ2n) is 9.58. The Kier molecular flexibility index (Phi) is 8.82. The summed E-state index contributed by atoms with van der Waals surface area (Å²) in [6.45, 7) is 1.74. The largest absolute Gasteiger partial charge is 0.480 e. The van der Waals surface area contributed by atoms with E-state index in [1.54, 1.807) is 42.5 Å². The number of benzene rings is 2. The van der Waals surface area contributed by atoms with Gasteiger partial charge >= 0.3 is 5.97 Å². The zero-order chi connectivity index (χ0) is 29.0. The van der Waals surface area contributed by atoms with E-state index in [1.807, 2.05) is 18.2 Å². The average molecular weight is 584 g/mol. The van der Waals surface area contributed by atoms with Crippen molar-refractivity contribution in [1.29, 1.82) is 0 Å². The fourth-order valence-electron chi connectivity index (χ4n) is 4.50. The number of Topliss-reactive ketones (excluding diaryl/α,β-unsaturated/α-hetero) is 1. The molecule has 0 unspecified atom stereocenters. The number of carbonyl (C=O) groups excluding carboxylic acids is 3. The number of carboxylic acids is 1. The summed E-state index contributed by atoms with van der Waals surface area (Å²) in [6.07, 6.45) is 1.87. The quantitative estimate of drug-likeness (QED) is 0.310. The maximum Gasteiger partial charge on any atom is 0.326 e. The van der Waals surface area contributed by atoms with E-state index in [9.17, 15) is 32.7 Å². The number of carbonyl (C=O) groups is 4. The number of aliphatic carboxylic acids is 1. The van der Waals surface area contributed by atoms with Gasteiger partial charge in [-0.25, -0.2) is 13.2 Å². The third kappa shape index (κ3) is 7.00. The molecule has 2 heterocycles. The number of sulfonamides is 1. The lowest BCUT2D eigenvalue weighted by Crippen LogP contribution is -2.51. The first-order chi connectivity index (χ1) is 18.9. The molecule has 2 atom stereocenters. The van der Waals surface area contributed by atoms with Crippen molar-refractivity contribution in [3.05, 3.63) is 76.7 Å². The fraction of sp³-hybridized carbons (Fsp3) is 0.286. The Morgan fingerprint density at radius 2 is 1.70 bits per heavy atom. The number of hydrogen-bond donors (Lipinski definition) is 3. The smallest absolute Gasteiger partial charge is 0.326 e. The van der Waals surface area contributed by atoms with E-state index in [0.717, 1.165) is 21.0 Å². The maximum absolute atomic E-state index is 12.7. The van der Waals surface area contributed by atoms with E-state index in [0.29, 0.717) is 34.5 Å². The fourth-order valence-corrected chi connectivity index (χ4v) is 6.53. The Morgan fingerprint density at radius 3 is 2.27 bits per heavy atom. The lowest BCUT2D eigenvalue weighted by atomic mass is 10.0. The van der Waals surface area contributed by atoms with Gasteiger partial charge in [-0.2, -0.15) is 4.31 Å². The van der Waals surface area contributed by atoms with Crippen LogP contribution in [0.4, 0.5) is 5.69 Å². The summed E-state index contributed by atoms with van der Waals surface area (Å²) in [5.74, 6) is -2.19. The molecule has 0 radical (unpaired) electrons. The highest BCUT2D eigenvalue weighted by Crippen LogP contribution is 2.29. The lowest BCUT2D eigenvalue weighted by molar-refractivity contribution is -0.142. The number of amides is 2. The van der Waals surface area contributed by atoms with E-state index in [2.05, 4.69) is 10.6 Å². The minimum absolute atomic E-state index is 0.00603. The standard InChI is InChI=1S/C28H29N3O7S2/c1-17(32)24-13-14-25(39-24)19-7-9-20(10-8-19)26(33)29-21-11-5-18(6-12-21)16-22(28(35)36)30-27(34)23-4-3-15-31(23)40(2,37)38/h5-14,22-23H,3-4,15-16H2,1-2H3,(H,29,33)(H,30,34)(H,35,36)/t22-,23+/m0/s1. The SMILES string of the molecule is CC(=O)c1ccc(-c2ccc(C(=O)Nc3ccc(C[C@H](NC(=O)[C@H]4CCCN4S(C)(=O)=O)C(=O)O)cc3)cc2)s1. The van der Waals surface area contributed by atoms with Crippen LogP contribution in [-0.2, 0) is 26.0 Å². The highest BCUT2D eigenvalue weighted by Gasteiger charge is 2.37. The van der Waals surface area contributed by atoms with Gasteiger partial charge in [0.05, 0.1) is 11.1 Å². The van der Waals surface area contributed by atoms with Gasteiger partial charge in [-0.1, -0.05) is 24.3 Å². The van der Waals surface area contributed by atoms with Crippen LogP contribution in [-0.4, -0.2) is 66.3 Å². The van der Waals surface area contributed by atoms with Crippen LogP contribution in [0.25, 0.3) is 10.4 Å². The molecule has 1 fully saturated rings. The zero-order valence-corrected chi connectivity index (χ0v) is 23.6. The van der Waals surface area contributed by atoms with Crippen molar-refractivity contribution in [2.24, 2.45) is 0 Å². The highest BCUT2D eigenvalue weighted by atomic mass is 32.2. The summed E-state index contributed by atoms with van der Waals surface area (Å²) in [7, 11) is -3.58. The predicted molar refractivity (Wildman–Crippen MR) is 152 cm³/mol. The first-order valence-electron chi connectivity index (χ1n) is 12.5. The highest BCUT2D eigenvalue weighted by molar-refractivity contribution is 7.88. The summed E-state index contributed by atoms with van der Waals surface area (Å²) in [4.78, 5) is 50.4. The molecule has 1 aliphatic rings. The minimum atomic E-state index is -3.58. The summed E-state index contributed by atoms with van der Waals surface area (Å²) in [5, 5.41) is 14.9. The van der Waals surface area contributed by atoms with E-state index in [-0.39, 0.29) is 24.7 Å². The van der Waals surface area contributed by atoms with Crippen LogP contribution in [0.1, 0.15) is 45.4 Å². The minimum Gasteiger partial charge on any atom is -0.480 e. The topological polar surface area (TPSA) is 150 Å². The van der Waals surface area contributed by atoms with Crippen molar-refractivity contribution in [1.82, 2.24) is 9.62 Å². The van der Waals surface area contributed by atoms with Crippen LogP contribution >= 0.6 is 11.3 Å². The first kappa shape index (κ1) is 29.1. The zero-order valence-electron chi connectivity index (χ0n) is 21.9. The van der Waals surface area contributed by atoms with Crippen LogP contribution < -0.4 is 10.6 Å². The van der Waals surface area contributed by atoms with Crippen molar-refractivity contribution in [2.45, 2.75) is 38.3 Å². The third-order valence-corrected chi connectivity index (χ3v) is 9.11. The van der Waals surface area contributed by atoms with Crippen LogP contribution in [0.15, 0.2) is 60.7 Å². The van der Waals surface area contributed by atoms with Crippen molar-refractivity contribution in [3.63, 3.8) is 0 Å². The van der Waals surface area contributed by atoms with Crippen molar-refractivity contribution >= 4 is 50.6 Å². The molecule has 12 heteroatoms. The number of carboxylic acid groups (broad SMARTS) is 1. The van der Waals surface area contributed by atoms with Crippen LogP contribution in [0.2, 0.25) is 0 Å². The molecule has 3 N–H and O–H groups in total. The van der Waals surface area contributed by atoms with Crippen molar-refractivity contribution < 1.29 is 32.7 Å². The van der Waals surface area contributed by atoms with Gasteiger partial charge in [-0.3, -0.25) is 14.4 Å². The molecule has 2 amide bonds.